The number of hydrogen-bond donors (Lipinski definition) is 0. The molecule has 6 heteroatoms. The largest absolute Gasteiger partial charge is 0.490 e. The van der Waals surface area contributed by atoms with E-state index < -0.39 is 17.5 Å². The van der Waals surface area contributed by atoms with E-state index in [1.54, 1.807) is 24.3 Å². The van der Waals surface area contributed by atoms with E-state index >= 15 is 4.39 Å². The van der Waals surface area contributed by atoms with Crippen molar-refractivity contribution in [2.45, 2.75) is 58.0 Å². The smallest absolute Gasteiger partial charge is 0.207 e. The normalized spacial score (nSPS) is 19.6. The average molecular weight is 447 g/mol. The molecule has 1 saturated heterocycles. The van der Waals surface area contributed by atoms with Crippen LogP contribution in [-0.2, 0) is 17.6 Å². The van der Waals surface area contributed by atoms with Gasteiger partial charge in [-0.15, -0.1) is 6.58 Å². The summed E-state index contributed by atoms with van der Waals surface area (Å²) in [5.41, 5.74) is 1.35. The molecule has 1 fully saturated rings. The standard InChI is InChI=1S/C26H29F3O3/c1-3-5-7-17-12-19-13-18-9-11-21(23(28)25(18)32-26(19)24(29)22(17)27)31-15-16-8-10-20(6-4-2)30-14-16/h3,9,11-12,16,20H,1,4-8,10,13-15H2,2H3. The van der Waals surface area contributed by atoms with Crippen LogP contribution in [0.25, 0.3) is 0 Å². The van der Waals surface area contributed by atoms with Gasteiger partial charge in [0, 0.05) is 23.5 Å². The first-order chi connectivity index (χ1) is 15.5. The number of ether oxygens (including phenoxy) is 3. The first-order valence-corrected chi connectivity index (χ1v) is 11.4. The summed E-state index contributed by atoms with van der Waals surface area (Å²) in [6.45, 7) is 6.69. The quantitative estimate of drug-likeness (QED) is 0.353. The van der Waals surface area contributed by atoms with Gasteiger partial charge in [-0.25, -0.2) is 4.39 Å². The molecular formula is C26H29F3O3. The van der Waals surface area contributed by atoms with Gasteiger partial charge in [0.05, 0.1) is 19.3 Å². The Morgan fingerprint density at radius 1 is 1.09 bits per heavy atom. The van der Waals surface area contributed by atoms with Crippen LogP contribution in [0.4, 0.5) is 13.2 Å². The van der Waals surface area contributed by atoms with Gasteiger partial charge in [-0.2, -0.15) is 8.78 Å². The maximum absolute atomic E-state index is 15.1. The summed E-state index contributed by atoms with van der Waals surface area (Å²) in [6.07, 6.45) is 7.20. The molecule has 2 heterocycles. The molecule has 0 amide bonds. The number of halogens is 3. The van der Waals surface area contributed by atoms with E-state index in [-0.39, 0.29) is 35.2 Å². The number of allylic oxidation sites excluding steroid dienone is 1. The molecule has 2 aliphatic rings. The second-order valence-electron chi connectivity index (χ2n) is 8.62. The van der Waals surface area contributed by atoms with Crippen molar-refractivity contribution in [3.05, 3.63) is 65.0 Å². The second kappa shape index (κ2) is 9.99. The lowest BCUT2D eigenvalue weighted by atomic mass is 9.96. The van der Waals surface area contributed by atoms with Gasteiger partial charge in [-0.1, -0.05) is 25.5 Å². The molecule has 0 N–H and O–H groups in total. The van der Waals surface area contributed by atoms with Crippen LogP contribution in [0.15, 0.2) is 30.9 Å². The van der Waals surface area contributed by atoms with Crippen molar-refractivity contribution in [2.24, 2.45) is 5.92 Å². The van der Waals surface area contributed by atoms with Crippen molar-refractivity contribution in [3.8, 4) is 17.2 Å². The highest BCUT2D eigenvalue weighted by Gasteiger charge is 2.29. The third-order valence-electron chi connectivity index (χ3n) is 6.21. The van der Waals surface area contributed by atoms with E-state index in [9.17, 15) is 8.78 Å². The fraction of sp³-hybridized carbons (Fsp3) is 0.462. The maximum atomic E-state index is 15.1. The maximum Gasteiger partial charge on any atom is 0.207 e. The van der Waals surface area contributed by atoms with Crippen LogP contribution in [0.3, 0.4) is 0 Å². The van der Waals surface area contributed by atoms with E-state index in [2.05, 4.69) is 13.5 Å². The molecule has 2 aromatic carbocycles. The molecule has 2 aliphatic heterocycles. The Morgan fingerprint density at radius 3 is 2.62 bits per heavy atom. The molecule has 2 atom stereocenters. The predicted octanol–water partition coefficient (Wildman–Crippen LogP) is 6.89. The van der Waals surface area contributed by atoms with Crippen molar-refractivity contribution in [1.82, 2.24) is 0 Å². The van der Waals surface area contributed by atoms with E-state index in [0.29, 0.717) is 43.3 Å². The van der Waals surface area contributed by atoms with Gasteiger partial charge >= 0.3 is 0 Å². The van der Waals surface area contributed by atoms with Gasteiger partial charge in [-0.05, 0) is 49.8 Å². The van der Waals surface area contributed by atoms with E-state index in [4.69, 9.17) is 14.2 Å². The predicted molar refractivity (Wildman–Crippen MR) is 117 cm³/mol. The molecule has 0 radical (unpaired) electrons. The van der Waals surface area contributed by atoms with Crippen molar-refractivity contribution >= 4 is 0 Å². The summed E-state index contributed by atoms with van der Waals surface area (Å²) in [5.74, 6) is -2.85. The number of benzene rings is 2. The molecule has 0 spiro atoms. The number of aryl methyl sites for hydroxylation is 1. The van der Waals surface area contributed by atoms with Crippen molar-refractivity contribution < 1.29 is 27.4 Å². The highest BCUT2D eigenvalue weighted by Crippen LogP contribution is 2.43. The summed E-state index contributed by atoms with van der Waals surface area (Å²) in [7, 11) is 0. The minimum absolute atomic E-state index is 0.0476. The van der Waals surface area contributed by atoms with Gasteiger partial charge in [0.15, 0.2) is 23.1 Å². The number of rotatable bonds is 8. The number of fused-ring (bicyclic) bond motifs is 2. The van der Waals surface area contributed by atoms with Gasteiger partial charge in [-0.3, -0.25) is 0 Å². The third kappa shape index (κ3) is 4.65. The van der Waals surface area contributed by atoms with Gasteiger partial charge in [0.25, 0.3) is 0 Å². The Labute approximate surface area is 187 Å². The summed E-state index contributed by atoms with van der Waals surface area (Å²) < 4.78 is 61.4. The molecule has 2 aromatic rings. The molecule has 4 rings (SSSR count). The zero-order valence-electron chi connectivity index (χ0n) is 18.4. The van der Waals surface area contributed by atoms with E-state index in [1.165, 1.54) is 0 Å². The van der Waals surface area contributed by atoms with Gasteiger partial charge in [0.2, 0.25) is 11.6 Å². The van der Waals surface area contributed by atoms with E-state index in [1.807, 2.05) is 0 Å². The first kappa shape index (κ1) is 22.7. The lowest BCUT2D eigenvalue weighted by molar-refractivity contribution is -0.0310. The Hall–Kier alpha value is -2.47. The molecule has 3 nitrogen and oxygen atoms in total. The van der Waals surface area contributed by atoms with Crippen LogP contribution >= 0.6 is 0 Å². The lowest BCUT2D eigenvalue weighted by Crippen LogP contribution is -2.29. The van der Waals surface area contributed by atoms with Crippen LogP contribution in [-0.4, -0.2) is 19.3 Å². The molecule has 0 aromatic heterocycles. The van der Waals surface area contributed by atoms with Gasteiger partial charge < -0.3 is 14.2 Å². The minimum atomic E-state index is -1.08. The van der Waals surface area contributed by atoms with Gasteiger partial charge in [0.1, 0.15) is 0 Å². The van der Waals surface area contributed by atoms with Crippen LogP contribution in [0, 0.1) is 23.4 Å². The molecular weight excluding hydrogens is 417 g/mol. The van der Waals surface area contributed by atoms with Crippen LogP contribution < -0.4 is 9.47 Å². The fourth-order valence-electron chi connectivity index (χ4n) is 4.40. The fourth-order valence-corrected chi connectivity index (χ4v) is 4.40. The molecule has 0 saturated carbocycles. The summed E-state index contributed by atoms with van der Waals surface area (Å²) in [5, 5.41) is 0. The molecule has 0 bridgehead atoms. The average Bonchev–Trinajstić information content (AvgIpc) is 2.80. The van der Waals surface area contributed by atoms with Crippen molar-refractivity contribution in [3.63, 3.8) is 0 Å². The van der Waals surface area contributed by atoms with Crippen LogP contribution in [0.2, 0.25) is 0 Å². The zero-order chi connectivity index (χ0) is 22.7. The molecule has 0 aliphatic carbocycles. The van der Waals surface area contributed by atoms with Crippen LogP contribution in [0.5, 0.6) is 17.2 Å². The Balaban J connectivity index is 1.47. The second-order valence-corrected chi connectivity index (χ2v) is 8.62. The Morgan fingerprint density at radius 2 is 1.91 bits per heavy atom. The molecule has 32 heavy (non-hydrogen) atoms. The highest BCUT2D eigenvalue weighted by molar-refractivity contribution is 5.54. The van der Waals surface area contributed by atoms with Crippen LogP contribution in [0.1, 0.15) is 55.7 Å². The molecule has 172 valence electrons. The van der Waals surface area contributed by atoms with Crippen molar-refractivity contribution in [2.75, 3.05) is 13.2 Å². The highest BCUT2D eigenvalue weighted by atomic mass is 19.2. The Kier molecular flexibility index (Phi) is 7.09. The monoisotopic (exact) mass is 446 g/mol. The number of hydrogen-bond acceptors (Lipinski definition) is 3. The summed E-state index contributed by atoms with van der Waals surface area (Å²) >= 11 is 0. The zero-order valence-corrected chi connectivity index (χ0v) is 18.4. The summed E-state index contributed by atoms with van der Waals surface area (Å²) in [6, 6.07) is 4.89. The van der Waals surface area contributed by atoms with E-state index in [0.717, 1.165) is 25.7 Å². The SMILES string of the molecule is C=CCCc1cc2c(c(F)c1F)Oc1c(ccc(OCC3CCC(CCC)OC3)c1F)C2. The Bertz CT molecular complexity index is 981. The van der Waals surface area contributed by atoms with Crippen molar-refractivity contribution in [1.29, 1.82) is 0 Å². The molecule has 2 unspecified atom stereocenters. The lowest BCUT2D eigenvalue weighted by Gasteiger charge is -2.29. The summed E-state index contributed by atoms with van der Waals surface area (Å²) in [4.78, 5) is 0. The minimum Gasteiger partial charge on any atom is -0.490 e. The first-order valence-electron chi connectivity index (χ1n) is 11.4. The topological polar surface area (TPSA) is 27.7 Å². The third-order valence-corrected chi connectivity index (χ3v) is 6.21.